The molecule has 20 heavy (non-hydrogen) atoms. The molecule has 0 aliphatic carbocycles. The van der Waals surface area contributed by atoms with Crippen LogP contribution in [0.1, 0.15) is 5.56 Å². The van der Waals surface area contributed by atoms with E-state index < -0.39 is 0 Å². The van der Waals surface area contributed by atoms with Gasteiger partial charge in [0.1, 0.15) is 17.3 Å². The molecule has 0 saturated heterocycles. The van der Waals surface area contributed by atoms with Gasteiger partial charge in [-0.3, -0.25) is 0 Å². The van der Waals surface area contributed by atoms with Gasteiger partial charge in [0.05, 0.1) is 14.2 Å². The number of hydrogen-bond acceptors (Lipinski definition) is 3. The third-order valence-electron chi connectivity index (χ3n) is 3.10. The van der Waals surface area contributed by atoms with Gasteiger partial charge in [-0.1, -0.05) is 6.07 Å². The summed E-state index contributed by atoms with van der Waals surface area (Å²) in [5, 5.41) is 2.96. The summed E-state index contributed by atoms with van der Waals surface area (Å²) in [6.07, 6.45) is 0. The van der Waals surface area contributed by atoms with Crippen molar-refractivity contribution in [3.8, 4) is 22.6 Å². The van der Waals surface area contributed by atoms with Crippen LogP contribution in [0, 0.1) is 5.82 Å². The highest BCUT2D eigenvalue weighted by Gasteiger charge is 2.07. The summed E-state index contributed by atoms with van der Waals surface area (Å²) in [5.41, 5.74) is 2.49. The summed E-state index contributed by atoms with van der Waals surface area (Å²) in [5.74, 6) is 1.20. The minimum atomic E-state index is -0.210. The van der Waals surface area contributed by atoms with Crippen LogP contribution in [0.5, 0.6) is 11.5 Å². The molecule has 0 atom stereocenters. The second-order valence-electron chi connectivity index (χ2n) is 4.44. The first-order chi connectivity index (χ1) is 9.67. The second kappa shape index (κ2) is 6.39. The fourth-order valence-corrected chi connectivity index (χ4v) is 2.05. The van der Waals surface area contributed by atoms with Gasteiger partial charge >= 0.3 is 0 Å². The Bertz CT molecular complexity index is 577. The Morgan fingerprint density at radius 3 is 2.15 bits per heavy atom. The molecule has 0 aliphatic heterocycles. The first-order valence-corrected chi connectivity index (χ1v) is 6.34. The zero-order valence-corrected chi connectivity index (χ0v) is 11.9. The van der Waals surface area contributed by atoms with E-state index in [9.17, 15) is 4.39 Å². The third-order valence-corrected chi connectivity index (χ3v) is 3.10. The van der Waals surface area contributed by atoms with Crippen molar-refractivity contribution in [2.24, 2.45) is 0 Å². The largest absolute Gasteiger partial charge is 0.497 e. The van der Waals surface area contributed by atoms with Crippen molar-refractivity contribution in [2.45, 2.75) is 6.54 Å². The third kappa shape index (κ3) is 3.08. The minimum absolute atomic E-state index is 0.210. The zero-order chi connectivity index (χ0) is 14.5. The predicted molar refractivity (Wildman–Crippen MR) is 77.7 cm³/mol. The molecular formula is C16H18FNO2. The topological polar surface area (TPSA) is 30.5 Å². The molecule has 0 fully saturated rings. The molecule has 2 aromatic rings. The summed E-state index contributed by atoms with van der Waals surface area (Å²) in [7, 11) is 5.01. The maximum atomic E-state index is 13.7. The van der Waals surface area contributed by atoms with Crippen LogP contribution in [0.2, 0.25) is 0 Å². The molecule has 0 heterocycles. The maximum absolute atomic E-state index is 13.7. The number of ether oxygens (including phenoxy) is 2. The maximum Gasteiger partial charge on any atom is 0.127 e. The van der Waals surface area contributed by atoms with Gasteiger partial charge in [-0.15, -0.1) is 0 Å². The summed E-state index contributed by atoms with van der Waals surface area (Å²) in [6.45, 7) is 0.487. The molecule has 0 aliphatic rings. The average molecular weight is 275 g/mol. The lowest BCUT2D eigenvalue weighted by Gasteiger charge is -2.10. The first kappa shape index (κ1) is 14.3. The highest BCUT2D eigenvalue weighted by atomic mass is 19.1. The Morgan fingerprint density at radius 2 is 1.60 bits per heavy atom. The Morgan fingerprint density at radius 1 is 0.950 bits per heavy atom. The van der Waals surface area contributed by atoms with Crippen molar-refractivity contribution in [1.29, 1.82) is 0 Å². The monoisotopic (exact) mass is 275 g/mol. The molecule has 2 aromatic carbocycles. The van der Waals surface area contributed by atoms with Crippen molar-refractivity contribution >= 4 is 0 Å². The molecule has 106 valence electrons. The number of rotatable bonds is 5. The summed E-state index contributed by atoms with van der Waals surface area (Å²) in [6, 6.07) is 10.7. The van der Waals surface area contributed by atoms with Crippen LogP contribution in [0.4, 0.5) is 4.39 Å². The molecule has 0 saturated carbocycles. The van der Waals surface area contributed by atoms with Crippen molar-refractivity contribution in [3.05, 3.63) is 47.8 Å². The van der Waals surface area contributed by atoms with E-state index in [1.807, 2.05) is 24.3 Å². The quantitative estimate of drug-likeness (QED) is 0.908. The van der Waals surface area contributed by atoms with E-state index in [0.29, 0.717) is 23.6 Å². The van der Waals surface area contributed by atoms with E-state index in [-0.39, 0.29) is 5.82 Å². The summed E-state index contributed by atoms with van der Waals surface area (Å²) < 4.78 is 24.2. The van der Waals surface area contributed by atoms with Gasteiger partial charge in [-0.2, -0.15) is 0 Å². The Balaban J connectivity index is 2.47. The Kier molecular flexibility index (Phi) is 4.58. The SMILES string of the molecule is CNCc1cc(-c2cc(OC)cc(OC)c2)ccc1F. The average Bonchev–Trinajstić information content (AvgIpc) is 2.49. The molecule has 0 radical (unpaired) electrons. The first-order valence-electron chi connectivity index (χ1n) is 6.34. The molecule has 0 aromatic heterocycles. The van der Waals surface area contributed by atoms with Crippen molar-refractivity contribution < 1.29 is 13.9 Å². The van der Waals surface area contributed by atoms with E-state index in [1.54, 1.807) is 27.3 Å². The Hall–Kier alpha value is -2.07. The molecule has 0 bridgehead atoms. The molecule has 3 nitrogen and oxygen atoms in total. The second-order valence-corrected chi connectivity index (χ2v) is 4.44. The molecular weight excluding hydrogens is 257 g/mol. The lowest BCUT2D eigenvalue weighted by Crippen LogP contribution is -2.07. The number of nitrogens with one attached hydrogen (secondary N) is 1. The van der Waals surface area contributed by atoms with E-state index >= 15 is 0 Å². The van der Waals surface area contributed by atoms with E-state index in [2.05, 4.69) is 5.32 Å². The number of benzene rings is 2. The van der Waals surface area contributed by atoms with Crippen molar-refractivity contribution in [2.75, 3.05) is 21.3 Å². The van der Waals surface area contributed by atoms with Crippen LogP contribution in [-0.2, 0) is 6.54 Å². The lowest BCUT2D eigenvalue weighted by atomic mass is 10.0. The highest BCUT2D eigenvalue weighted by Crippen LogP contribution is 2.30. The predicted octanol–water partition coefficient (Wildman–Crippen LogP) is 3.23. The Labute approximate surface area is 118 Å². The normalized spacial score (nSPS) is 10.4. The van der Waals surface area contributed by atoms with Gasteiger partial charge in [-0.05, 0) is 42.4 Å². The molecule has 0 spiro atoms. The molecule has 2 rings (SSSR count). The van der Waals surface area contributed by atoms with Crippen molar-refractivity contribution in [1.82, 2.24) is 5.32 Å². The van der Waals surface area contributed by atoms with Gasteiger partial charge in [0, 0.05) is 18.2 Å². The van der Waals surface area contributed by atoms with Crippen LogP contribution >= 0.6 is 0 Å². The van der Waals surface area contributed by atoms with Gasteiger partial charge in [0.2, 0.25) is 0 Å². The molecule has 4 heteroatoms. The standard InChI is InChI=1S/C16H18FNO2/c1-18-10-13-6-11(4-5-16(13)17)12-7-14(19-2)9-15(8-12)20-3/h4-9,18H,10H2,1-3H3. The van der Waals surface area contributed by atoms with E-state index in [4.69, 9.17) is 9.47 Å². The summed E-state index contributed by atoms with van der Waals surface area (Å²) >= 11 is 0. The molecule has 0 amide bonds. The number of hydrogen-bond donors (Lipinski definition) is 1. The number of methoxy groups -OCH3 is 2. The van der Waals surface area contributed by atoms with Crippen LogP contribution in [-0.4, -0.2) is 21.3 Å². The highest BCUT2D eigenvalue weighted by molar-refractivity contribution is 5.68. The van der Waals surface area contributed by atoms with Crippen molar-refractivity contribution in [3.63, 3.8) is 0 Å². The minimum Gasteiger partial charge on any atom is -0.497 e. The van der Waals surface area contributed by atoms with Gasteiger partial charge < -0.3 is 14.8 Å². The van der Waals surface area contributed by atoms with Gasteiger partial charge in [0.25, 0.3) is 0 Å². The molecule has 0 unspecified atom stereocenters. The van der Waals surface area contributed by atoms with Crippen LogP contribution in [0.15, 0.2) is 36.4 Å². The fraction of sp³-hybridized carbons (Fsp3) is 0.250. The van der Waals surface area contributed by atoms with Gasteiger partial charge in [-0.25, -0.2) is 4.39 Å². The fourth-order valence-electron chi connectivity index (χ4n) is 2.05. The molecule has 1 N–H and O–H groups in total. The van der Waals surface area contributed by atoms with Crippen LogP contribution in [0.3, 0.4) is 0 Å². The zero-order valence-electron chi connectivity index (χ0n) is 11.9. The smallest absolute Gasteiger partial charge is 0.127 e. The summed E-state index contributed by atoms with van der Waals surface area (Å²) in [4.78, 5) is 0. The number of halogens is 1. The van der Waals surface area contributed by atoms with Gasteiger partial charge in [0.15, 0.2) is 0 Å². The lowest BCUT2D eigenvalue weighted by molar-refractivity contribution is 0.394. The van der Waals surface area contributed by atoms with E-state index in [0.717, 1.165) is 11.1 Å². The van der Waals surface area contributed by atoms with Crippen LogP contribution < -0.4 is 14.8 Å². The van der Waals surface area contributed by atoms with Crippen LogP contribution in [0.25, 0.3) is 11.1 Å². The van der Waals surface area contributed by atoms with E-state index in [1.165, 1.54) is 6.07 Å².